The third-order valence-electron chi connectivity index (χ3n) is 3.24. The number of piperidine rings is 1. The van der Waals surface area contributed by atoms with Crippen molar-refractivity contribution in [3.05, 3.63) is 23.9 Å². The molecule has 90 valence electrons. The number of pyridine rings is 1. The molecule has 0 radical (unpaired) electrons. The Balaban J connectivity index is 2.14. The van der Waals surface area contributed by atoms with Crippen LogP contribution in [-0.2, 0) is 0 Å². The zero-order chi connectivity index (χ0) is 12.1. The van der Waals surface area contributed by atoms with Crippen LogP contribution in [0.5, 0.6) is 0 Å². The summed E-state index contributed by atoms with van der Waals surface area (Å²) in [6.07, 6.45) is 5.38. The van der Waals surface area contributed by atoms with E-state index in [1.54, 1.807) is 6.20 Å². The molecular formula is C13H18N4. The van der Waals surface area contributed by atoms with Gasteiger partial charge in [0.2, 0.25) is 0 Å². The molecule has 0 amide bonds. The van der Waals surface area contributed by atoms with Crippen LogP contribution < -0.4 is 10.2 Å². The average molecular weight is 230 g/mol. The lowest BCUT2D eigenvalue weighted by molar-refractivity contribution is 0.443. The lowest BCUT2D eigenvalue weighted by atomic mass is 10.0. The zero-order valence-corrected chi connectivity index (χ0v) is 10.2. The fourth-order valence-electron chi connectivity index (χ4n) is 2.37. The second kappa shape index (κ2) is 5.65. The number of aromatic nitrogens is 1. The Labute approximate surface area is 102 Å². The van der Waals surface area contributed by atoms with E-state index in [1.165, 1.54) is 19.3 Å². The van der Waals surface area contributed by atoms with Crippen LogP contribution in [0.3, 0.4) is 0 Å². The smallest absolute Gasteiger partial charge is 0.128 e. The first-order valence-corrected chi connectivity index (χ1v) is 6.12. The SMILES string of the molecule is CNCC1CCCCN1c1ccc(C#N)cn1. The van der Waals surface area contributed by atoms with Crippen molar-refractivity contribution in [1.82, 2.24) is 10.3 Å². The van der Waals surface area contributed by atoms with Crippen molar-refractivity contribution in [1.29, 1.82) is 5.26 Å². The molecule has 1 aliphatic heterocycles. The third-order valence-corrected chi connectivity index (χ3v) is 3.24. The van der Waals surface area contributed by atoms with Crippen molar-refractivity contribution in [2.45, 2.75) is 25.3 Å². The highest BCUT2D eigenvalue weighted by Gasteiger charge is 2.22. The highest BCUT2D eigenvalue weighted by Crippen LogP contribution is 2.22. The molecular weight excluding hydrogens is 212 g/mol. The van der Waals surface area contributed by atoms with Gasteiger partial charge in [-0.1, -0.05) is 0 Å². The van der Waals surface area contributed by atoms with Crippen molar-refractivity contribution in [2.24, 2.45) is 0 Å². The van der Waals surface area contributed by atoms with E-state index in [2.05, 4.69) is 21.3 Å². The largest absolute Gasteiger partial charge is 0.352 e. The van der Waals surface area contributed by atoms with Gasteiger partial charge in [0.15, 0.2) is 0 Å². The molecule has 1 atom stereocenters. The van der Waals surface area contributed by atoms with E-state index in [0.29, 0.717) is 11.6 Å². The highest BCUT2D eigenvalue weighted by atomic mass is 15.2. The van der Waals surface area contributed by atoms with Crippen LogP contribution in [-0.4, -0.2) is 31.2 Å². The van der Waals surface area contributed by atoms with Gasteiger partial charge < -0.3 is 10.2 Å². The highest BCUT2D eigenvalue weighted by molar-refractivity contribution is 5.43. The molecule has 1 N–H and O–H groups in total. The lowest BCUT2D eigenvalue weighted by Crippen LogP contribution is -2.45. The minimum absolute atomic E-state index is 0.522. The summed E-state index contributed by atoms with van der Waals surface area (Å²) in [6, 6.07) is 6.41. The second-order valence-electron chi connectivity index (χ2n) is 4.42. The van der Waals surface area contributed by atoms with Gasteiger partial charge in [0.1, 0.15) is 11.9 Å². The zero-order valence-electron chi connectivity index (χ0n) is 10.2. The Kier molecular flexibility index (Phi) is 3.94. The maximum absolute atomic E-state index is 8.76. The summed E-state index contributed by atoms with van der Waals surface area (Å²) in [7, 11) is 1.99. The number of hydrogen-bond acceptors (Lipinski definition) is 4. The molecule has 0 aliphatic carbocycles. The molecule has 0 aromatic carbocycles. The van der Waals surface area contributed by atoms with E-state index in [0.717, 1.165) is 18.9 Å². The van der Waals surface area contributed by atoms with E-state index in [-0.39, 0.29) is 0 Å². The maximum Gasteiger partial charge on any atom is 0.128 e. The van der Waals surface area contributed by atoms with Gasteiger partial charge in [0, 0.05) is 25.3 Å². The first kappa shape index (κ1) is 11.9. The average Bonchev–Trinajstić information content (AvgIpc) is 2.40. The Hall–Kier alpha value is -1.60. The van der Waals surface area contributed by atoms with Gasteiger partial charge >= 0.3 is 0 Å². The van der Waals surface area contributed by atoms with Gasteiger partial charge in [0.05, 0.1) is 5.56 Å². The molecule has 17 heavy (non-hydrogen) atoms. The number of likely N-dealkylation sites (N-methyl/N-ethyl adjacent to an activating group) is 1. The topological polar surface area (TPSA) is 52.0 Å². The second-order valence-corrected chi connectivity index (χ2v) is 4.42. The summed E-state index contributed by atoms with van der Waals surface area (Å²) >= 11 is 0. The molecule has 0 bridgehead atoms. The van der Waals surface area contributed by atoms with Gasteiger partial charge in [-0.25, -0.2) is 4.98 Å². The van der Waals surface area contributed by atoms with Gasteiger partial charge in [0.25, 0.3) is 0 Å². The molecule has 1 unspecified atom stereocenters. The fourth-order valence-corrected chi connectivity index (χ4v) is 2.37. The fraction of sp³-hybridized carbons (Fsp3) is 0.538. The van der Waals surface area contributed by atoms with Crippen LogP contribution in [0.4, 0.5) is 5.82 Å². The minimum Gasteiger partial charge on any atom is -0.352 e. The lowest BCUT2D eigenvalue weighted by Gasteiger charge is -2.36. The summed E-state index contributed by atoms with van der Waals surface area (Å²) in [6.45, 7) is 2.05. The third kappa shape index (κ3) is 2.75. The Bertz CT molecular complexity index is 391. The Morgan fingerprint density at radius 2 is 2.41 bits per heavy atom. The number of nitrogens with zero attached hydrogens (tertiary/aromatic N) is 3. The van der Waals surface area contributed by atoms with Crippen molar-refractivity contribution in [2.75, 3.05) is 25.0 Å². The van der Waals surface area contributed by atoms with Gasteiger partial charge in [-0.3, -0.25) is 0 Å². The first-order valence-electron chi connectivity index (χ1n) is 6.12. The Morgan fingerprint density at radius 3 is 3.06 bits per heavy atom. The number of nitrogens with one attached hydrogen (secondary N) is 1. The summed E-state index contributed by atoms with van der Waals surface area (Å²) in [5, 5.41) is 12.0. The standard InChI is InChI=1S/C13H18N4/c1-15-10-12-4-2-3-7-17(12)13-6-5-11(8-14)9-16-13/h5-6,9,12,15H,2-4,7,10H2,1H3. The monoisotopic (exact) mass is 230 g/mol. The van der Waals surface area contributed by atoms with Crippen molar-refractivity contribution >= 4 is 5.82 Å². The summed E-state index contributed by atoms with van der Waals surface area (Å²) < 4.78 is 0. The van der Waals surface area contributed by atoms with Gasteiger partial charge in [-0.05, 0) is 38.4 Å². The molecule has 4 heteroatoms. The molecule has 4 nitrogen and oxygen atoms in total. The maximum atomic E-state index is 8.76. The van der Waals surface area contributed by atoms with Gasteiger partial charge in [-0.15, -0.1) is 0 Å². The number of anilines is 1. The Morgan fingerprint density at radius 1 is 1.53 bits per heavy atom. The molecule has 2 rings (SSSR count). The number of hydrogen-bond donors (Lipinski definition) is 1. The van der Waals surface area contributed by atoms with Crippen molar-refractivity contribution in [3.63, 3.8) is 0 Å². The summed E-state index contributed by atoms with van der Waals surface area (Å²) in [5.41, 5.74) is 0.621. The van der Waals surface area contributed by atoms with E-state index < -0.39 is 0 Å². The number of nitriles is 1. The van der Waals surface area contributed by atoms with E-state index in [9.17, 15) is 0 Å². The molecule has 1 aromatic rings. The van der Waals surface area contributed by atoms with E-state index in [1.807, 2.05) is 19.2 Å². The van der Waals surface area contributed by atoms with Gasteiger partial charge in [-0.2, -0.15) is 5.26 Å². The molecule has 1 fully saturated rings. The van der Waals surface area contributed by atoms with Crippen LogP contribution >= 0.6 is 0 Å². The molecule has 1 saturated heterocycles. The van der Waals surface area contributed by atoms with Crippen LogP contribution in [0.1, 0.15) is 24.8 Å². The first-order chi connectivity index (χ1) is 8.35. The van der Waals surface area contributed by atoms with Crippen molar-refractivity contribution < 1.29 is 0 Å². The van der Waals surface area contributed by atoms with Crippen LogP contribution in [0, 0.1) is 11.3 Å². The van der Waals surface area contributed by atoms with Crippen LogP contribution in [0.15, 0.2) is 18.3 Å². The molecule has 1 aliphatic rings. The normalized spacial score (nSPS) is 20.0. The molecule has 0 saturated carbocycles. The van der Waals surface area contributed by atoms with Crippen LogP contribution in [0.2, 0.25) is 0 Å². The van der Waals surface area contributed by atoms with E-state index in [4.69, 9.17) is 5.26 Å². The quantitative estimate of drug-likeness (QED) is 0.855. The summed E-state index contributed by atoms with van der Waals surface area (Å²) in [4.78, 5) is 6.73. The minimum atomic E-state index is 0.522. The van der Waals surface area contributed by atoms with E-state index >= 15 is 0 Å². The molecule has 1 aromatic heterocycles. The molecule has 2 heterocycles. The predicted molar refractivity (Wildman–Crippen MR) is 67.9 cm³/mol. The summed E-state index contributed by atoms with van der Waals surface area (Å²) in [5.74, 6) is 0.990. The van der Waals surface area contributed by atoms with Crippen molar-refractivity contribution in [3.8, 4) is 6.07 Å². The molecule has 0 spiro atoms. The van der Waals surface area contributed by atoms with Crippen LogP contribution in [0.25, 0.3) is 0 Å². The number of rotatable bonds is 3. The predicted octanol–water partition coefficient (Wildman–Crippen LogP) is 1.53.